The second-order valence-electron chi connectivity index (χ2n) is 5.43. The molecule has 1 fully saturated rings. The highest BCUT2D eigenvalue weighted by atomic mass is 35.5. The lowest BCUT2D eigenvalue weighted by atomic mass is 9.80. The Hall–Kier alpha value is -1.54. The third kappa shape index (κ3) is 3.17. The lowest BCUT2D eigenvalue weighted by Gasteiger charge is -2.31. The smallest absolute Gasteiger partial charge is 0.197 e. The zero-order valence-electron chi connectivity index (χ0n) is 12.5. The van der Waals surface area contributed by atoms with E-state index in [9.17, 15) is 4.39 Å². The molecule has 4 rings (SSSR count). The number of benzene rings is 1. The normalized spacial score (nSPS) is 19.1. The van der Waals surface area contributed by atoms with E-state index in [-0.39, 0.29) is 42.6 Å². The van der Waals surface area contributed by atoms with Gasteiger partial charge in [0.25, 0.3) is 0 Å². The largest absolute Gasteiger partial charge is 0.328 e. The van der Waals surface area contributed by atoms with Gasteiger partial charge in [0.2, 0.25) is 0 Å². The summed E-state index contributed by atoms with van der Waals surface area (Å²) in [5.41, 5.74) is 6.34. The number of aromatic nitrogens is 4. The van der Waals surface area contributed by atoms with Gasteiger partial charge in [0.15, 0.2) is 10.8 Å². The van der Waals surface area contributed by atoms with E-state index in [1.165, 1.54) is 17.4 Å². The van der Waals surface area contributed by atoms with E-state index in [0.717, 1.165) is 23.7 Å². The fraction of sp³-hybridized carbons (Fsp3) is 0.267. The lowest BCUT2D eigenvalue weighted by Crippen LogP contribution is -2.36. The molecule has 0 aliphatic heterocycles. The van der Waals surface area contributed by atoms with Crippen LogP contribution in [0, 0.1) is 5.82 Å². The summed E-state index contributed by atoms with van der Waals surface area (Å²) in [5.74, 6) is 1.26. The van der Waals surface area contributed by atoms with Crippen LogP contribution < -0.4 is 5.73 Å². The Morgan fingerprint density at radius 2 is 1.92 bits per heavy atom. The number of rotatable bonds is 3. The van der Waals surface area contributed by atoms with Crippen LogP contribution in [0.5, 0.6) is 0 Å². The molecule has 2 heterocycles. The molecular weight excluding hydrogens is 372 g/mol. The van der Waals surface area contributed by atoms with Crippen molar-refractivity contribution in [3.63, 3.8) is 0 Å². The van der Waals surface area contributed by atoms with Gasteiger partial charge < -0.3 is 5.73 Å². The molecule has 3 aromatic rings. The zero-order valence-corrected chi connectivity index (χ0v) is 15.0. The van der Waals surface area contributed by atoms with E-state index in [2.05, 4.69) is 15.2 Å². The van der Waals surface area contributed by atoms with Gasteiger partial charge in [-0.05, 0) is 25.0 Å². The second kappa shape index (κ2) is 7.57. The molecule has 0 spiro atoms. The summed E-state index contributed by atoms with van der Waals surface area (Å²) in [7, 11) is 0. The Morgan fingerprint density at radius 3 is 2.54 bits per heavy atom. The van der Waals surface area contributed by atoms with Crippen LogP contribution in [0.4, 0.5) is 4.39 Å². The van der Waals surface area contributed by atoms with Gasteiger partial charge >= 0.3 is 0 Å². The third-order valence-corrected chi connectivity index (χ3v) is 4.71. The maximum absolute atomic E-state index is 14.3. The van der Waals surface area contributed by atoms with Gasteiger partial charge in [0.05, 0.1) is 5.69 Å². The van der Waals surface area contributed by atoms with Crippen molar-refractivity contribution in [2.24, 2.45) is 5.73 Å². The first-order chi connectivity index (χ1) is 10.7. The number of hydrogen-bond acceptors (Lipinski definition) is 5. The van der Waals surface area contributed by atoms with Crippen molar-refractivity contribution in [1.29, 1.82) is 0 Å². The van der Waals surface area contributed by atoms with E-state index in [0.29, 0.717) is 11.5 Å². The number of para-hydroxylation sites is 1. The molecule has 1 aliphatic carbocycles. The van der Waals surface area contributed by atoms with Crippen LogP contribution in [-0.2, 0) is 0 Å². The summed E-state index contributed by atoms with van der Waals surface area (Å²) < 4.78 is 16.1. The topological polar surface area (TPSA) is 69.6 Å². The minimum atomic E-state index is -0.301. The highest BCUT2D eigenvalue weighted by Gasteiger charge is 2.33. The van der Waals surface area contributed by atoms with E-state index in [1.807, 2.05) is 5.38 Å². The average Bonchev–Trinajstić information content (AvgIpc) is 3.13. The average molecular weight is 388 g/mol. The van der Waals surface area contributed by atoms with Gasteiger partial charge in [-0.15, -0.1) is 46.3 Å². The summed E-state index contributed by atoms with van der Waals surface area (Å²) in [4.78, 5) is 4.28. The van der Waals surface area contributed by atoms with E-state index in [1.54, 1.807) is 29.0 Å². The van der Waals surface area contributed by atoms with Crippen molar-refractivity contribution in [2.75, 3.05) is 0 Å². The first kappa shape index (κ1) is 18.8. The quantitative estimate of drug-likeness (QED) is 0.745. The molecule has 1 aromatic carbocycles. The fourth-order valence-corrected chi connectivity index (χ4v) is 3.39. The number of nitrogens with zero attached hydrogens (tertiary/aromatic N) is 4. The molecule has 2 N–H and O–H groups in total. The molecule has 0 amide bonds. The number of hydrogen-bond donors (Lipinski definition) is 1. The Bertz CT molecular complexity index is 802. The monoisotopic (exact) mass is 387 g/mol. The maximum Gasteiger partial charge on any atom is 0.197 e. The lowest BCUT2D eigenvalue weighted by molar-refractivity contribution is 0.334. The molecule has 0 radical (unpaired) electrons. The first-order valence-electron chi connectivity index (χ1n) is 7.09. The van der Waals surface area contributed by atoms with Crippen molar-refractivity contribution in [3.8, 4) is 16.5 Å². The predicted molar refractivity (Wildman–Crippen MR) is 96.9 cm³/mol. The van der Waals surface area contributed by atoms with Crippen molar-refractivity contribution in [3.05, 3.63) is 47.5 Å². The van der Waals surface area contributed by atoms with Crippen LogP contribution >= 0.6 is 36.2 Å². The standard InChI is InChI=1S/C15H14FN5S.2ClH/c16-11-3-1-2-4-12(11)21-13(9-7-10(17)8-9)19-20-14(21)15-18-5-6-22-15;;/h1-6,9-10H,7-8,17H2;2*1H. The van der Waals surface area contributed by atoms with Gasteiger partial charge in [-0.1, -0.05) is 12.1 Å². The van der Waals surface area contributed by atoms with Crippen LogP contribution in [0.15, 0.2) is 35.8 Å². The highest BCUT2D eigenvalue weighted by molar-refractivity contribution is 7.13. The van der Waals surface area contributed by atoms with Crippen molar-refractivity contribution >= 4 is 36.2 Å². The molecule has 0 saturated heterocycles. The Balaban J connectivity index is 0.00000104. The van der Waals surface area contributed by atoms with Crippen LogP contribution in [0.1, 0.15) is 24.6 Å². The third-order valence-electron chi connectivity index (χ3n) is 3.94. The Kier molecular flexibility index (Phi) is 5.92. The molecule has 2 aromatic heterocycles. The minimum Gasteiger partial charge on any atom is -0.328 e. The number of thiazole rings is 1. The molecule has 24 heavy (non-hydrogen) atoms. The predicted octanol–water partition coefficient (Wildman–Crippen LogP) is 3.58. The SMILES string of the molecule is Cl.Cl.NC1CC(c2nnc(-c3nccs3)n2-c2ccccc2F)C1. The molecule has 5 nitrogen and oxygen atoms in total. The van der Waals surface area contributed by atoms with Gasteiger partial charge in [-0.25, -0.2) is 9.37 Å². The van der Waals surface area contributed by atoms with Gasteiger partial charge in [-0.2, -0.15) is 0 Å². The van der Waals surface area contributed by atoms with Gasteiger partial charge in [0.1, 0.15) is 11.6 Å². The van der Waals surface area contributed by atoms with Crippen LogP contribution in [0.2, 0.25) is 0 Å². The second-order valence-corrected chi connectivity index (χ2v) is 6.33. The molecule has 1 saturated carbocycles. The summed E-state index contributed by atoms with van der Waals surface area (Å²) in [6.45, 7) is 0. The minimum absolute atomic E-state index is 0. The summed E-state index contributed by atoms with van der Waals surface area (Å²) >= 11 is 1.46. The summed E-state index contributed by atoms with van der Waals surface area (Å²) in [6.07, 6.45) is 3.41. The molecule has 0 atom stereocenters. The summed E-state index contributed by atoms with van der Waals surface area (Å²) in [5, 5.41) is 11.2. The van der Waals surface area contributed by atoms with E-state index < -0.39 is 0 Å². The Labute approximate surface area is 154 Å². The van der Waals surface area contributed by atoms with E-state index >= 15 is 0 Å². The first-order valence-corrected chi connectivity index (χ1v) is 7.97. The highest BCUT2D eigenvalue weighted by Crippen LogP contribution is 2.38. The Morgan fingerprint density at radius 1 is 1.17 bits per heavy atom. The van der Waals surface area contributed by atoms with Gasteiger partial charge in [0, 0.05) is 23.5 Å². The zero-order chi connectivity index (χ0) is 15.1. The molecule has 1 aliphatic rings. The van der Waals surface area contributed by atoms with E-state index in [4.69, 9.17) is 5.73 Å². The number of nitrogens with two attached hydrogens (primary N) is 1. The van der Waals surface area contributed by atoms with Crippen LogP contribution in [0.3, 0.4) is 0 Å². The fourth-order valence-electron chi connectivity index (χ4n) is 2.78. The molecule has 0 bridgehead atoms. The van der Waals surface area contributed by atoms with Crippen LogP contribution in [-0.4, -0.2) is 25.8 Å². The maximum atomic E-state index is 14.3. The molecule has 128 valence electrons. The summed E-state index contributed by atoms with van der Waals surface area (Å²) in [6, 6.07) is 6.85. The van der Waals surface area contributed by atoms with Gasteiger partial charge in [-0.3, -0.25) is 4.57 Å². The molecule has 9 heteroatoms. The van der Waals surface area contributed by atoms with Crippen LogP contribution in [0.25, 0.3) is 16.5 Å². The number of halogens is 3. The van der Waals surface area contributed by atoms with Crippen molar-refractivity contribution < 1.29 is 4.39 Å². The van der Waals surface area contributed by atoms with Crippen molar-refractivity contribution in [1.82, 2.24) is 19.7 Å². The molecule has 0 unspecified atom stereocenters. The molecular formula is C15H16Cl2FN5S. The van der Waals surface area contributed by atoms with Crippen molar-refractivity contribution in [2.45, 2.75) is 24.8 Å².